The third-order valence-electron chi connectivity index (χ3n) is 4.67. The van der Waals surface area contributed by atoms with Crippen LogP contribution in [0.5, 0.6) is 5.75 Å². The Labute approximate surface area is 168 Å². The third-order valence-corrected chi connectivity index (χ3v) is 5.68. The van der Waals surface area contributed by atoms with E-state index >= 15 is 0 Å². The number of thioether (sulfide) groups is 1. The highest BCUT2D eigenvalue weighted by molar-refractivity contribution is 8.04. The maximum absolute atomic E-state index is 12.8. The Balaban J connectivity index is 1.68. The van der Waals surface area contributed by atoms with Crippen molar-refractivity contribution >= 4 is 35.3 Å². The Bertz CT molecular complexity index is 832. The van der Waals surface area contributed by atoms with E-state index in [-0.39, 0.29) is 18.4 Å². The number of rotatable bonds is 8. The number of hydrogen-bond donors (Lipinski definition) is 1. The lowest BCUT2D eigenvalue weighted by Gasteiger charge is -2.24. The van der Waals surface area contributed by atoms with Crippen molar-refractivity contribution in [3.05, 3.63) is 41.3 Å². The van der Waals surface area contributed by atoms with Gasteiger partial charge in [-0.2, -0.15) is 14.3 Å². The number of benzene rings is 1. The Morgan fingerprint density at radius 1 is 1.29 bits per heavy atom. The van der Waals surface area contributed by atoms with Crippen molar-refractivity contribution in [2.24, 2.45) is 0 Å². The molecule has 3 rings (SSSR count). The van der Waals surface area contributed by atoms with Crippen molar-refractivity contribution in [2.45, 2.75) is 31.6 Å². The molecular weight excluding hydrogens is 378 g/mol. The summed E-state index contributed by atoms with van der Waals surface area (Å²) in [7, 11) is 1.60. The molecule has 1 N–H and O–H groups in total. The van der Waals surface area contributed by atoms with E-state index in [0.717, 1.165) is 24.2 Å². The molecule has 4 amide bonds. The van der Waals surface area contributed by atoms with Gasteiger partial charge in [-0.1, -0.05) is 25.5 Å². The predicted octanol–water partition coefficient (Wildman–Crippen LogP) is 2.16. The number of urea groups is 1. The largest absolute Gasteiger partial charge is 0.501 e. The van der Waals surface area contributed by atoms with E-state index in [2.05, 4.69) is 5.32 Å². The van der Waals surface area contributed by atoms with Gasteiger partial charge in [-0.3, -0.25) is 4.79 Å². The Morgan fingerprint density at radius 3 is 2.71 bits per heavy atom. The fourth-order valence-corrected chi connectivity index (χ4v) is 4.04. The first kappa shape index (κ1) is 20.1. The summed E-state index contributed by atoms with van der Waals surface area (Å²) in [6.45, 7) is 2.63. The number of nitrogens with zero attached hydrogens (tertiary/aromatic N) is 2. The molecule has 0 saturated heterocycles. The first-order chi connectivity index (χ1) is 13.5. The second-order valence-corrected chi connectivity index (χ2v) is 7.60. The van der Waals surface area contributed by atoms with Crippen molar-refractivity contribution in [3.63, 3.8) is 0 Å². The predicted molar refractivity (Wildman–Crippen MR) is 108 cm³/mol. The number of ether oxygens (including phenoxy) is 1. The zero-order chi connectivity index (χ0) is 20.1. The van der Waals surface area contributed by atoms with Gasteiger partial charge in [0.15, 0.2) is 11.8 Å². The molecule has 8 heteroatoms. The van der Waals surface area contributed by atoms with Gasteiger partial charge in [0.05, 0.1) is 13.7 Å². The average Bonchev–Trinajstić information content (AvgIpc) is 3.20. The minimum Gasteiger partial charge on any atom is -0.497 e. The highest BCUT2D eigenvalue weighted by Crippen LogP contribution is 2.27. The fraction of sp³-hybridized carbons (Fsp3) is 0.400. The van der Waals surface area contributed by atoms with Gasteiger partial charge in [0, 0.05) is 6.54 Å². The van der Waals surface area contributed by atoms with Crippen LogP contribution in [0.1, 0.15) is 25.3 Å². The number of carbonyl (C=O) groups is 3. The molecule has 0 aliphatic carbocycles. The van der Waals surface area contributed by atoms with Crippen molar-refractivity contribution in [1.29, 1.82) is 0 Å². The quantitative estimate of drug-likeness (QED) is 0.674. The van der Waals surface area contributed by atoms with Gasteiger partial charge in [-0.25, -0.2) is 4.79 Å². The number of methoxy groups -OCH3 is 1. The summed E-state index contributed by atoms with van der Waals surface area (Å²) in [5.74, 6) is 0.280. The van der Waals surface area contributed by atoms with Crippen LogP contribution in [-0.2, 0) is 16.1 Å². The van der Waals surface area contributed by atoms with Crippen LogP contribution in [-0.4, -0.2) is 58.5 Å². The molecular formula is C20H24N3O4S+. The SMILES string of the molecule is CCCCN1C(=O)C2SC=CC2=[N+](CC(=O)NCc2ccc(OC)cc2)C1=O. The standard InChI is InChI=1S/C20H23N3O4S/c1-3-4-10-22-19(25)18-16(9-11-28-18)23(20(22)26)13-17(24)21-12-14-5-7-15(27-2)8-6-14/h5-9,11,18H,3-4,10,12-13H2,1-2H3/p+1. The van der Waals surface area contributed by atoms with Crippen molar-refractivity contribution in [1.82, 2.24) is 10.2 Å². The van der Waals surface area contributed by atoms with E-state index in [1.165, 1.54) is 21.2 Å². The van der Waals surface area contributed by atoms with E-state index < -0.39 is 11.3 Å². The number of hydrogen-bond acceptors (Lipinski definition) is 5. The highest BCUT2D eigenvalue weighted by atomic mass is 32.2. The van der Waals surface area contributed by atoms with Crippen LogP contribution in [0.25, 0.3) is 0 Å². The summed E-state index contributed by atoms with van der Waals surface area (Å²) < 4.78 is 6.54. The highest BCUT2D eigenvalue weighted by Gasteiger charge is 2.48. The van der Waals surface area contributed by atoms with Crippen molar-refractivity contribution < 1.29 is 23.7 Å². The number of nitrogens with one attached hydrogen (secondary N) is 1. The molecule has 2 aliphatic rings. The lowest BCUT2D eigenvalue weighted by atomic mass is 10.1. The lowest BCUT2D eigenvalue weighted by Crippen LogP contribution is -2.56. The van der Waals surface area contributed by atoms with Gasteiger partial charge < -0.3 is 10.1 Å². The van der Waals surface area contributed by atoms with E-state index in [4.69, 9.17) is 4.74 Å². The average molecular weight is 402 g/mol. The molecule has 0 aromatic heterocycles. The second kappa shape index (κ2) is 9.05. The van der Waals surface area contributed by atoms with Crippen LogP contribution in [0.3, 0.4) is 0 Å². The monoisotopic (exact) mass is 402 g/mol. The molecule has 2 aliphatic heterocycles. The number of carbonyl (C=O) groups excluding carboxylic acids is 3. The summed E-state index contributed by atoms with van der Waals surface area (Å²) in [5.41, 5.74) is 1.52. The summed E-state index contributed by atoms with van der Waals surface area (Å²) in [6.07, 6.45) is 3.38. The smallest absolute Gasteiger partial charge is 0.497 e. The number of unbranched alkanes of at least 4 members (excludes halogenated alkanes) is 1. The minimum atomic E-state index is -0.441. The topological polar surface area (TPSA) is 78.7 Å². The summed E-state index contributed by atoms with van der Waals surface area (Å²) in [4.78, 5) is 39.2. The maximum Gasteiger partial charge on any atom is 0.501 e. The van der Waals surface area contributed by atoms with Gasteiger partial charge in [0.1, 0.15) is 11.5 Å². The first-order valence-corrected chi connectivity index (χ1v) is 10.2. The zero-order valence-electron chi connectivity index (χ0n) is 16.0. The first-order valence-electron chi connectivity index (χ1n) is 9.26. The Kier molecular flexibility index (Phi) is 6.51. The molecule has 1 atom stereocenters. The number of fused-ring (bicyclic) bond motifs is 1. The molecule has 1 unspecified atom stereocenters. The summed E-state index contributed by atoms with van der Waals surface area (Å²) in [6, 6.07) is 6.98. The molecule has 0 bridgehead atoms. The number of allylic oxidation sites excluding steroid dienone is 1. The van der Waals surface area contributed by atoms with Crippen LogP contribution in [0.15, 0.2) is 35.7 Å². The molecule has 2 heterocycles. The maximum atomic E-state index is 12.8. The van der Waals surface area contributed by atoms with Crippen LogP contribution >= 0.6 is 11.8 Å². The Hall–Kier alpha value is -2.61. The molecule has 0 radical (unpaired) electrons. The fourth-order valence-electron chi connectivity index (χ4n) is 3.08. The van der Waals surface area contributed by atoms with Crippen LogP contribution in [0.2, 0.25) is 0 Å². The molecule has 0 spiro atoms. The molecule has 148 valence electrons. The van der Waals surface area contributed by atoms with E-state index in [1.807, 2.05) is 31.2 Å². The van der Waals surface area contributed by atoms with E-state index in [9.17, 15) is 14.4 Å². The van der Waals surface area contributed by atoms with Crippen LogP contribution in [0, 0.1) is 0 Å². The molecule has 0 fully saturated rings. The molecule has 0 saturated carbocycles. The molecule has 1 aromatic carbocycles. The summed E-state index contributed by atoms with van der Waals surface area (Å²) >= 11 is 1.37. The van der Waals surface area contributed by atoms with E-state index in [1.54, 1.807) is 18.6 Å². The van der Waals surface area contributed by atoms with E-state index in [0.29, 0.717) is 18.8 Å². The second-order valence-electron chi connectivity index (χ2n) is 6.58. The Morgan fingerprint density at radius 2 is 2.04 bits per heavy atom. The van der Waals surface area contributed by atoms with Gasteiger partial charge in [-0.05, 0) is 35.6 Å². The molecule has 28 heavy (non-hydrogen) atoms. The number of amides is 4. The zero-order valence-corrected chi connectivity index (χ0v) is 16.8. The molecule has 7 nitrogen and oxygen atoms in total. The van der Waals surface area contributed by atoms with Crippen molar-refractivity contribution in [3.8, 4) is 5.75 Å². The van der Waals surface area contributed by atoms with Gasteiger partial charge >= 0.3 is 11.9 Å². The van der Waals surface area contributed by atoms with Crippen LogP contribution in [0.4, 0.5) is 4.79 Å². The van der Waals surface area contributed by atoms with Crippen molar-refractivity contribution in [2.75, 3.05) is 20.2 Å². The number of imide groups is 1. The molecule has 1 aromatic rings. The van der Waals surface area contributed by atoms with Gasteiger partial charge in [0.25, 0.3) is 5.91 Å². The van der Waals surface area contributed by atoms with Gasteiger partial charge in [-0.15, -0.1) is 11.8 Å². The van der Waals surface area contributed by atoms with Crippen LogP contribution < -0.4 is 10.1 Å². The minimum absolute atomic E-state index is 0.109. The van der Waals surface area contributed by atoms with Gasteiger partial charge in [0.2, 0.25) is 0 Å². The third kappa shape index (κ3) is 4.27. The lowest BCUT2D eigenvalue weighted by molar-refractivity contribution is -0.426. The summed E-state index contributed by atoms with van der Waals surface area (Å²) in [5, 5.41) is 4.19. The normalized spacial score (nSPS) is 18.5.